The summed E-state index contributed by atoms with van der Waals surface area (Å²) in [6.07, 6.45) is 0.743. The van der Waals surface area contributed by atoms with Crippen molar-refractivity contribution in [2.75, 3.05) is 20.9 Å². The summed E-state index contributed by atoms with van der Waals surface area (Å²) in [5.41, 5.74) is 1.09. The van der Waals surface area contributed by atoms with Crippen molar-refractivity contribution in [3.63, 3.8) is 0 Å². The number of ether oxygens (including phenoxy) is 2. The normalized spacial score (nSPS) is 25.4. The van der Waals surface area contributed by atoms with Crippen LogP contribution >= 0.6 is 0 Å². The molecule has 0 bridgehead atoms. The second kappa shape index (κ2) is 4.42. The van der Waals surface area contributed by atoms with Crippen LogP contribution in [0, 0.1) is 11.8 Å². The van der Waals surface area contributed by atoms with E-state index in [0.29, 0.717) is 0 Å². The van der Waals surface area contributed by atoms with Gasteiger partial charge in [-0.3, -0.25) is 4.79 Å². The topological polar surface area (TPSA) is 59.0 Å². The first-order chi connectivity index (χ1) is 9.08. The van der Waals surface area contributed by atoms with E-state index in [1.54, 1.807) is 0 Å². The molecule has 102 valence electrons. The average molecular weight is 263 g/mol. The van der Waals surface area contributed by atoms with Gasteiger partial charge in [0.05, 0.1) is 5.92 Å². The average Bonchev–Trinajstić information content (AvgIpc) is 2.99. The highest BCUT2D eigenvalue weighted by Gasteiger charge is 2.49. The monoisotopic (exact) mass is 263 g/mol. The van der Waals surface area contributed by atoms with Crippen molar-refractivity contribution < 1.29 is 19.4 Å². The molecule has 0 aromatic heterocycles. The van der Waals surface area contributed by atoms with E-state index in [2.05, 4.69) is 4.90 Å². The number of hydrogen-bond donors (Lipinski definition) is 1. The van der Waals surface area contributed by atoms with Crippen LogP contribution in [0.2, 0.25) is 0 Å². The van der Waals surface area contributed by atoms with Gasteiger partial charge in [-0.15, -0.1) is 0 Å². The molecule has 0 saturated heterocycles. The molecule has 19 heavy (non-hydrogen) atoms. The molecule has 0 amide bonds. The van der Waals surface area contributed by atoms with E-state index in [4.69, 9.17) is 14.6 Å². The first-order valence-electron chi connectivity index (χ1n) is 6.36. The number of benzene rings is 1. The first-order valence-corrected chi connectivity index (χ1v) is 6.36. The number of carboxylic acid groups (broad SMARTS) is 1. The van der Waals surface area contributed by atoms with Gasteiger partial charge in [0.2, 0.25) is 6.79 Å². The third-order valence-corrected chi connectivity index (χ3v) is 3.86. The number of carboxylic acids is 1. The van der Waals surface area contributed by atoms with Crippen LogP contribution in [-0.4, -0.2) is 36.9 Å². The molecule has 1 fully saturated rings. The molecule has 1 aliphatic carbocycles. The van der Waals surface area contributed by atoms with Crippen molar-refractivity contribution in [2.24, 2.45) is 11.8 Å². The highest BCUT2D eigenvalue weighted by Crippen LogP contribution is 2.50. The molecule has 1 N–H and O–H groups in total. The molecular weight excluding hydrogens is 246 g/mol. The summed E-state index contributed by atoms with van der Waals surface area (Å²) in [4.78, 5) is 13.1. The Hall–Kier alpha value is -1.75. The summed E-state index contributed by atoms with van der Waals surface area (Å²) in [6.45, 7) is 0.257. The van der Waals surface area contributed by atoms with Gasteiger partial charge in [0.1, 0.15) is 0 Å². The lowest BCUT2D eigenvalue weighted by molar-refractivity contribution is -0.139. The van der Waals surface area contributed by atoms with Crippen molar-refractivity contribution >= 4 is 5.97 Å². The predicted octanol–water partition coefficient (Wildman–Crippen LogP) is 1.74. The second-order valence-corrected chi connectivity index (χ2v) is 5.37. The molecule has 0 radical (unpaired) electrons. The highest BCUT2D eigenvalue weighted by molar-refractivity contribution is 5.73. The number of carbonyl (C=O) groups is 1. The maximum atomic E-state index is 11.1. The molecule has 5 heteroatoms. The highest BCUT2D eigenvalue weighted by atomic mass is 16.7. The van der Waals surface area contributed by atoms with E-state index in [0.717, 1.165) is 23.5 Å². The summed E-state index contributed by atoms with van der Waals surface area (Å²) >= 11 is 0. The van der Waals surface area contributed by atoms with E-state index in [1.807, 2.05) is 32.3 Å². The summed E-state index contributed by atoms with van der Waals surface area (Å²) in [6, 6.07) is 5.96. The molecule has 1 aromatic rings. The Balaban J connectivity index is 1.87. The van der Waals surface area contributed by atoms with Crippen LogP contribution in [0.15, 0.2) is 18.2 Å². The maximum Gasteiger partial charge on any atom is 0.306 e. The van der Waals surface area contributed by atoms with Crippen LogP contribution in [0.1, 0.15) is 18.0 Å². The van der Waals surface area contributed by atoms with E-state index in [1.165, 1.54) is 0 Å². The van der Waals surface area contributed by atoms with Crippen LogP contribution in [0.25, 0.3) is 0 Å². The van der Waals surface area contributed by atoms with Gasteiger partial charge in [-0.05, 0) is 44.1 Å². The molecule has 3 atom stereocenters. The van der Waals surface area contributed by atoms with Crippen LogP contribution in [-0.2, 0) is 4.79 Å². The Bertz CT molecular complexity index is 514. The quantitative estimate of drug-likeness (QED) is 0.896. The number of hydrogen-bond acceptors (Lipinski definition) is 4. The fraction of sp³-hybridized carbons (Fsp3) is 0.500. The van der Waals surface area contributed by atoms with Gasteiger partial charge in [0, 0.05) is 6.04 Å². The minimum absolute atomic E-state index is 0.107. The predicted molar refractivity (Wildman–Crippen MR) is 68.2 cm³/mol. The van der Waals surface area contributed by atoms with E-state index in [9.17, 15) is 4.79 Å². The summed E-state index contributed by atoms with van der Waals surface area (Å²) < 4.78 is 10.7. The van der Waals surface area contributed by atoms with Crippen LogP contribution in [0.3, 0.4) is 0 Å². The molecule has 3 unspecified atom stereocenters. The van der Waals surface area contributed by atoms with Crippen LogP contribution in [0.5, 0.6) is 11.5 Å². The van der Waals surface area contributed by atoms with Gasteiger partial charge in [0.25, 0.3) is 0 Å². The van der Waals surface area contributed by atoms with E-state index < -0.39 is 5.97 Å². The van der Waals surface area contributed by atoms with Gasteiger partial charge in [0.15, 0.2) is 11.5 Å². The summed E-state index contributed by atoms with van der Waals surface area (Å²) in [7, 11) is 3.96. The lowest BCUT2D eigenvalue weighted by atomic mass is 9.99. The molecule has 1 aliphatic heterocycles. The van der Waals surface area contributed by atoms with Gasteiger partial charge in [-0.1, -0.05) is 6.07 Å². The third-order valence-electron chi connectivity index (χ3n) is 3.86. The van der Waals surface area contributed by atoms with Crippen molar-refractivity contribution in [2.45, 2.75) is 12.5 Å². The zero-order valence-corrected chi connectivity index (χ0v) is 11.0. The lowest BCUT2D eigenvalue weighted by Crippen LogP contribution is -2.23. The standard InChI is InChI=1S/C14H17NO4/c1-15(2)13(9-6-10(9)14(16)17)8-3-4-11-12(5-8)19-7-18-11/h3-5,9-10,13H,6-7H2,1-2H3,(H,16,17). The smallest absolute Gasteiger partial charge is 0.306 e. The fourth-order valence-corrected chi connectivity index (χ4v) is 2.87. The van der Waals surface area contributed by atoms with Gasteiger partial charge < -0.3 is 19.5 Å². The third kappa shape index (κ3) is 2.14. The number of nitrogens with zero attached hydrogens (tertiary/aromatic N) is 1. The Labute approximate surface area is 111 Å². The SMILES string of the molecule is CN(C)C(c1ccc2c(c1)OCO2)C1CC1C(=O)O. The largest absolute Gasteiger partial charge is 0.481 e. The van der Waals surface area contributed by atoms with Gasteiger partial charge in [-0.2, -0.15) is 0 Å². The molecule has 2 aliphatic rings. The van der Waals surface area contributed by atoms with Gasteiger partial charge in [-0.25, -0.2) is 0 Å². The summed E-state index contributed by atoms with van der Waals surface area (Å²) in [5, 5.41) is 9.09. The number of rotatable bonds is 4. The van der Waals surface area contributed by atoms with Crippen molar-refractivity contribution in [3.05, 3.63) is 23.8 Å². The second-order valence-electron chi connectivity index (χ2n) is 5.37. The fourth-order valence-electron chi connectivity index (χ4n) is 2.87. The maximum absolute atomic E-state index is 11.1. The minimum Gasteiger partial charge on any atom is -0.481 e. The van der Waals surface area contributed by atoms with Crippen molar-refractivity contribution in [3.8, 4) is 11.5 Å². The van der Waals surface area contributed by atoms with E-state index in [-0.39, 0.29) is 24.7 Å². The lowest BCUT2D eigenvalue weighted by Gasteiger charge is -2.25. The van der Waals surface area contributed by atoms with Crippen LogP contribution < -0.4 is 9.47 Å². The number of aliphatic carboxylic acids is 1. The Morgan fingerprint density at radius 2 is 2.11 bits per heavy atom. The zero-order chi connectivity index (χ0) is 13.6. The summed E-state index contributed by atoms with van der Waals surface area (Å²) in [5.74, 6) is 0.756. The zero-order valence-electron chi connectivity index (χ0n) is 11.0. The molecule has 1 saturated carbocycles. The minimum atomic E-state index is -0.697. The molecule has 5 nitrogen and oxygen atoms in total. The Kier molecular flexibility index (Phi) is 2.86. The first kappa shape index (κ1) is 12.3. The molecule has 3 rings (SSSR count). The van der Waals surface area contributed by atoms with Crippen molar-refractivity contribution in [1.29, 1.82) is 0 Å². The van der Waals surface area contributed by atoms with Crippen LogP contribution in [0.4, 0.5) is 0 Å². The molecule has 0 spiro atoms. The molecule has 1 aromatic carbocycles. The molecule has 1 heterocycles. The number of fused-ring (bicyclic) bond motifs is 1. The van der Waals surface area contributed by atoms with Crippen molar-refractivity contribution in [1.82, 2.24) is 4.90 Å². The molecular formula is C14H17NO4. The van der Waals surface area contributed by atoms with Gasteiger partial charge >= 0.3 is 5.97 Å². The van der Waals surface area contributed by atoms with E-state index >= 15 is 0 Å². The Morgan fingerprint density at radius 3 is 2.74 bits per heavy atom. The Morgan fingerprint density at radius 1 is 1.37 bits per heavy atom.